The number of piperidine rings is 1. The predicted molar refractivity (Wildman–Crippen MR) is 201 cm³/mol. The lowest BCUT2D eigenvalue weighted by molar-refractivity contribution is -0.144. The first-order valence-corrected chi connectivity index (χ1v) is 19.9. The summed E-state index contributed by atoms with van der Waals surface area (Å²) in [7, 11) is 0.882. The van der Waals surface area contributed by atoms with Crippen LogP contribution in [0.4, 0.5) is 13.6 Å². The van der Waals surface area contributed by atoms with Gasteiger partial charge in [0.2, 0.25) is 34.2 Å². The number of ether oxygens (including phenoxy) is 2. The number of methoxy groups -OCH3 is 2. The number of nitrogens with one attached hydrogen (secondary N) is 4. The Bertz CT molecular complexity index is 1620. The number of fused-ring (bicyclic) bond motifs is 1. The van der Waals surface area contributed by atoms with Gasteiger partial charge in [-0.1, -0.05) is 55.4 Å². The van der Waals surface area contributed by atoms with Crippen LogP contribution >= 0.6 is 0 Å². The highest BCUT2D eigenvalue weighted by Gasteiger charge is 2.70. The van der Waals surface area contributed by atoms with E-state index in [0.29, 0.717) is 17.9 Å². The number of carbonyl (C=O) groups excluding carboxylic acids is 4. The van der Waals surface area contributed by atoms with Crippen LogP contribution in [-0.4, -0.2) is 119 Å². The molecule has 17 heteroatoms. The quantitative estimate of drug-likeness (QED) is 0.198. The maximum absolute atomic E-state index is 14.4. The molecule has 54 heavy (non-hydrogen) atoms. The van der Waals surface area contributed by atoms with E-state index in [1.165, 1.54) is 26.2 Å². The number of sulfonamides is 1. The number of carbonyl (C=O) groups is 4. The Balaban J connectivity index is 1.80. The third kappa shape index (κ3) is 11.2. The molecule has 306 valence electrons. The van der Waals surface area contributed by atoms with Gasteiger partial charge in [0, 0.05) is 45.2 Å². The first kappa shape index (κ1) is 44.7. The molecule has 5 amide bonds. The Kier molecular flexibility index (Phi) is 14.0. The van der Waals surface area contributed by atoms with E-state index >= 15 is 0 Å². The van der Waals surface area contributed by atoms with Crippen LogP contribution < -0.4 is 30.7 Å². The average molecular weight is 787 g/mol. The maximum Gasteiger partial charge on any atom is 0.315 e. The van der Waals surface area contributed by atoms with Crippen LogP contribution in [0.5, 0.6) is 11.5 Å². The number of rotatable bonds is 16. The van der Waals surface area contributed by atoms with Gasteiger partial charge in [-0.2, -0.15) is 0 Å². The lowest BCUT2D eigenvalue weighted by Gasteiger charge is -2.39. The van der Waals surface area contributed by atoms with E-state index in [4.69, 9.17) is 9.47 Å². The van der Waals surface area contributed by atoms with Gasteiger partial charge in [0.25, 0.3) is 0 Å². The molecule has 4 N–H and O–H groups in total. The van der Waals surface area contributed by atoms with Crippen molar-refractivity contribution >= 4 is 33.8 Å². The minimum absolute atomic E-state index is 0.0141. The Morgan fingerprint density at radius 1 is 0.963 bits per heavy atom. The second-order valence-corrected chi connectivity index (χ2v) is 19.3. The summed E-state index contributed by atoms with van der Waals surface area (Å²) in [5.74, 6) is -1.32. The van der Waals surface area contributed by atoms with Crippen molar-refractivity contribution in [3.05, 3.63) is 23.8 Å². The van der Waals surface area contributed by atoms with Gasteiger partial charge in [0.15, 0.2) is 0 Å². The molecule has 0 unspecified atom stereocenters. The lowest BCUT2D eigenvalue weighted by atomic mass is 9.85. The Labute approximate surface area is 318 Å². The minimum Gasteiger partial charge on any atom is -0.497 e. The Morgan fingerprint density at radius 3 is 2.02 bits per heavy atom. The first-order valence-electron chi connectivity index (χ1n) is 18.1. The maximum atomic E-state index is 14.4. The Morgan fingerprint density at radius 2 is 1.54 bits per heavy atom. The molecule has 1 saturated carbocycles. The molecule has 0 radical (unpaired) electrons. The number of alkyl halides is 2. The van der Waals surface area contributed by atoms with E-state index in [0.717, 1.165) is 16.1 Å². The number of hydrogen-bond donors (Lipinski definition) is 4. The van der Waals surface area contributed by atoms with Crippen LogP contribution in [0, 0.1) is 28.1 Å². The molecule has 2 aliphatic rings. The monoisotopic (exact) mass is 786 g/mol. The fourth-order valence-electron chi connectivity index (χ4n) is 7.02. The van der Waals surface area contributed by atoms with Gasteiger partial charge in [-0.25, -0.2) is 26.3 Å². The van der Waals surface area contributed by atoms with Gasteiger partial charge in [-0.15, -0.1) is 0 Å². The highest BCUT2D eigenvalue weighted by molar-refractivity contribution is 7.88. The number of likely N-dealkylation sites (N-methyl/N-ethyl adjacent to an activating group) is 1. The second-order valence-electron chi connectivity index (χ2n) is 17.2. The number of nitrogens with zero attached hydrogens (tertiary/aromatic N) is 2. The summed E-state index contributed by atoms with van der Waals surface area (Å²) in [6, 6.07) is 0.107. The van der Waals surface area contributed by atoms with Crippen molar-refractivity contribution < 1.29 is 45.9 Å². The summed E-state index contributed by atoms with van der Waals surface area (Å²) in [6.07, 6.45) is -2.44. The largest absolute Gasteiger partial charge is 0.497 e. The zero-order chi connectivity index (χ0) is 41.1. The number of hydrogen-bond acceptors (Lipinski definition) is 8. The smallest absolute Gasteiger partial charge is 0.315 e. The topological polar surface area (TPSA) is 175 Å². The molecule has 2 fully saturated rings. The van der Waals surface area contributed by atoms with E-state index in [1.54, 1.807) is 39.0 Å². The van der Waals surface area contributed by atoms with Crippen molar-refractivity contribution in [3.63, 3.8) is 0 Å². The number of urea groups is 1. The molecule has 1 aromatic carbocycles. The van der Waals surface area contributed by atoms with Gasteiger partial charge in [-0.3, -0.25) is 14.4 Å². The first-order chi connectivity index (χ1) is 24.7. The molecule has 3 rings (SSSR count). The van der Waals surface area contributed by atoms with Gasteiger partial charge in [0.1, 0.15) is 29.6 Å². The fourth-order valence-corrected chi connectivity index (χ4v) is 7.44. The highest BCUT2D eigenvalue weighted by Crippen LogP contribution is 2.65. The molecular weight excluding hydrogens is 727 g/mol. The molecule has 1 aromatic rings. The van der Waals surface area contributed by atoms with Crippen molar-refractivity contribution in [2.24, 2.45) is 28.1 Å². The van der Waals surface area contributed by atoms with E-state index in [2.05, 4.69) is 21.3 Å². The SMILES string of the molecule is COc1cc(CCNC(=O)[C@H](CC(F)F)NC(=O)[C@@H]2[C@@H]3[C@H](CN2C(=O)[C@@H](NC(=O)N[C@H](CN(C)S(C)(=O)=O)C(C)(C)C)C(C)(C)C)C3(C)C)cc(OC)c1. The number of likely N-dealkylation sites (tertiary alicyclic amines) is 1. The van der Waals surface area contributed by atoms with Gasteiger partial charge >= 0.3 is 6.03 Å². The van der Waals surface area contributed by atoms with Crippen LogP contribution in [0.15, 0.2) is 18.2 Å². The van der Waals surface area contributed by atoms with Crippen molar-refractivity contribution in [1.29, 1.82) is 0 Å². The van der Waals surface area contributed by atoms with Crippen molar-refractivity contribution in [3.8, 4) is 11.5 Å². The zero-order valence-corrected chi connectivity index (χ0v) is 34.5. The van der Waals surface area contributed by atoms with Crippen LogP contribution in [0.1, 0.15) is 67.4 Å². The highest BCUT2D eigenvalue weighted by atomic mass is 32.2. The van der Waals surface area contributed by atoms with Crippen LogP contribution in [0.2, 0.25) is 0 Å². The summed E-state index contributed by atoms with van der Waals surface area (Å²) in [4.78, 5) is 56.6. The van der Waals surface area contributed by atoms with E-state index in [9.17, 15) is 36.4 Å². The van der Waals surface area contributed by atoms with Crippen LogP contribution in [0.3, 0.4) is 0 Å². The summed E-state index contributed by atoms with van der Waals surface area (Å²) in [5, 5.41) is 10.8. The fraction of sp³-hybridized carbons (Fsp3) is 0.730. The molecule has 0 bridgehead atoms. The summed E-state index contributed by atoms with van der Waals surface area (Å²) < 4.78 is 63.5. The van der Waals surface area contributed by atoms with E-state index in [-0.39, 0.29) is 36.9 Å². The van der Waals surface area contributed by atoms with Crippen molar-refractivity contribution in [1.82, 2.24) is 30.5 Å². The minimum atomic E-state index is -3.54. The van der Waals surface area contributed by atoms with E-state index < -0.39 is 81.6 Å². The average Bonchev–Trinajstić information content (AvgIpc) is 3.35. The number of halogens is 2. The number of benzene rings is 1. The third-order valence-electron chi connectivity index (χ3n) is 10.7. The lowest BCUT2D eigenvalue weighted by Crippen LogP contribution is -2.62. The molecular formula is C37H60F2N6O8S. The third-order valence-corrected chi connectivity index (χ3v) is 12.0. The normalized spacial score (nSPS) is 21.1. The molecule has 1 saturated heterocycles. The van der Waals surface area contributed by atoms with Gasteiger partial charge in [0.05, 0.1) is 20.5 Å². The number of amides is 5. The second kappa shape index (κ2) is 17.0. The van der Waals surface area contributed by atoms with Crippen molar-refractivity contribution in [2.45, 2.75) is 98.8 Å². The predicted octanol–water partition coefficient (Wildman–Crippen LogP) is 3.01. The molecule has 14 nitrogen and oxygen atoms in total. The molecule has 0 aromatic heterocycles. The van der Waals surface area contributed by atoms with Gasteiger partial charge in [-0.05, 0) is 52.2 Å². The van der Waals surface area contributed by atoms with Crippen LogP contribution in [0.25, 0.3) is 0 Å². The zero-order valence-electron chi connectivity index (χ0n) is 33.6. The molecule has 1 aliphatic heterocycles. The standard InChI is InChI=1S/C37H60F2N6O8S/c1-35(2,3)26(20-44(9)54(12,50)51)42-34(49)43-30(36(4,5)6)33(48)45-19-24-28(37(24,7)8)29(45)32(47)41-25(18-27(38)39)31(46)40-14-13-21-15-22(52-10)17-23(16-21)53-11/h15-17,24-30H,13-14,18-20H2,1-12H3,(H,40,46)(H,41,47)(H2,42,43,49)/t24-,25-,26+,28-,29-,30+/m0/s1. The van der Waals surface area contributed by atoms with Gasteiger partial charge < -0.3 is 35.6 Å². The molecule has 0 spiro atoms. The molecule has 6 atom stereocenters. The molecule has 1 heterocycles. The summed E-state index contributed by atoms with van der Waals surface area (Å²) >= 11 is 0. The van der Waals surface area contributed by atoms with Crippen molar-refractivity contribution in [2.75, 3.05) is 47.2 Å². The summed E-state index contributed by atoms with van der Waals surface area (Å²) in [6.45, 7) is 15.0. The van der Waals surface area contributed by atoms with E-state index in [1.807, 2.05) is 34.6 Å². The van der Waals surface area contributed by atoms with Crippen LogP contribution in [-0.2, 0) is 30.8 Å². The molecule has 1 aliphatic carbocycles. The summed E-state index contributed by atoms with van der Waals surface area (Å²) in [5.41, 5.74) is -0.964. The Hall–Kier alpha value is -3.73.